The molecule has 0 saturated carbocycles. The van der Waals surface area contributed by atoms with Crippen LogP contribution < -0.4 is 0 Å². The van der Waals surface area contributed by atoms with Crippen molar-refractivity contribution in [3.8, 4) is 5.82 Å². The largest absolute Gasteiger partial charge is 0.454 e. The van der Waals surface area contributed by atoms with Crippen LogP contribution in [0.2, 0.25) is 5.02 Å². The molecule has 0 amide bonds. The summed E-state index contributed by atoms with van der Waals surface area (Å²) in [6.45, 7) is 4.80. The van der Waals surface area contributed by atoms with Crippen molar-refractivity contribution < 1.29 is 27.3 Å². The first-order valence-corrected chi connectivity index (χ1v) is 11.1. The highest BCUT2D eigenvalue weighted by Crippen LogP contribution is 2.23. The summed E-state index contributed by atoms with van der Waals surface area (Å²) < 4.78 is 35.3. The van der Waals surface area contributed by atoms with E-state index in [0.29, 0.717) is 22.8 Å². The zero-order valence-electron chi connectivity index (χ0n) is 16.7. The van der Waals surface area contributed by atoms with E-state index < -0.39 is 28.2 Å². The van der Waals surface area contributed by atoms with Gasteiger partial charge in [-0.25, -0.2) is 13.2 Å². The Balaban J connectivity index is 1.79. The minimum atomic E-state index is -3.53. The number of halogens is 1. The highest BCUT2D eigenvalue weighted by atomic mass is 35.5. The Morgan fingerprint density at radius 3 is 2.43 bits per heavy atom. The number of sulfone groups is 1. The molecule has 2 aromatic heterocycles. The van der Waals surface area contributed by atoms with Gasteiger partial charge in [0.25, 0.3) is 0 Å². The van der Waals surface area contributed by atoms with Crippen molar-refractivity contribution in [2.45, 2.75) is 25.7 Å². The molecule has 0 N–H and O–H groups in total. The van der Waals surface area contributed by atoms with E-state index in [1.165, 1.54) is 12.1 Å². The number of aryl methyl sites for hydroxylation is 2. The zero-order valence-corrected chi connectivity index (χ0v) is 18.3. The summed E-state index contributed by atoms with van der Waals surface area (Å²) in [4.78, 5) is 25.0. The van der Waals surface area contributed by atoms with Crippen molar-refractivity contribution in [2.75, 3.05) is 12.9 Å². The Morgan fingerprint density at radius 2 is 1.83 bits per heavy atom. The molecule has 3 rings (SSSR count). The minimum absolute atomic E-state index is 0.0272. The summed E-state index contributed by atoms with van der Waals surface area (Å²) in [6, 6.07) is 7.13. The fourth-order valence-electron chi connectivity index (χ4n) is 3.03. The highest BCUT2D eigenvalue weighted by molar-refractivity contribution is 7.90. The number of nitrogens with zero attached hydrogens (tertiary/aromatic N) is 2. The fourth-order valence-corrected chi connectivity index (χ4v) is 3.88. The first kappa shape index (κ1) is 21.8. The minimum Gasteiger partial charge on any atom is -0.454 e. The van der Waals surface area contributed by atoms with Crippen LogP contribution in [0, 0.1) is 20.8 Å². The topological polar surface area (TPSA) is 108 Å². The average Bonchev–Trinajstić information content (AvgIpc) is 3.21. The van der Waals surface area contributed by atoms with E-state index in [4.69, 9.17) is 20.9 Å². The summed E-state index contributed by atoms with van der Waals surface area (Å²) >= 11 is 5.99. The van der Waals surface area contributed by atoms with Crippen molar-refractivity contribution in [2.24, 2.45) is 0 Å². The molecule has 0 saturated heterocycles. The second-order valence-corrected chi connectivity index (χ2v) is 9.25. The molecule has 0 unspecified atom stereocenters. The number of hydrogen-bond donors (Lipinski definition) is 0. The van der Waals surface area contributed by atoms with Gasteiger partial charge in [-0.05, 0) is 45.0 Å². The third-order valence-electron chi connectivity index (χ3n) is 4.50. The molecule has 1 aromatic carbocycles. The van der Waals surface area contributed by atoms with E-state index in [9.17, 15) is 18.0 Å². The van der Waals surface area contributed by atoms with Crippen LogP contribution in [-0.4, -0.2) is 42.8 Å². The number of benzene rings is 1. The Hall–Kier alpha value is -2.91. The van der Waals surface area contributed by atoms with Crippen LogP contribution in [0.4, 0.5) is 0 Å². The van der Waals surface area contributed by atoms with Gasteiger partial charge in [0.2, 0.25) is 5.78 Å². The highest BCUT2D eigenvalue weighted by Gasteiger charge is 2.21. The van der Waals surface area contributed by atoms with Crippen LogP contribution in [0.1, 0.15) is 37.9 Å². The van der Waals surface area contributed by atoms with Crippen molar-refractivity contribution in [3.05, 3.63) is 63.6 Å². The molecule has 0 atom stereocenters. The second-order valence-electron chi connectivity index (χ2n) is 6.83. The van der Waals surface area contributed by atoms with Crippen molar-refractivity contribution in [1.29, 1.82) is 0 Å². The number of aromatic nitrogens is 2. The van der Waals surface area contributed by atoms with Crippen LogP contribution in [0.3, 0.4) is 0 Å². The number of ether oxygens (including phenoxy) is 1. The lowest BCUT2D eigenvalue weighted by molar-refractivity contribution is 0.0474. The second kappa shape index (κ2) is 8.08. The molecule has 30 heavy (non-hydrogen) atoms. The average molecular weight is 451 g/mol. The summed E-state index contributed by atoms with van der Waals surface area (Å²) in [5.41, 5.74) is 1.63. The van der Waals surface area contributed by atoms with Crippen molar-refractivity contribution in [3.63, 3.8) is 0 Å². The maximum atomic E-state index is 12.7. The normalized spacial score (nSPS) is 11.5. The van der Waals surface area contributed by atoms with E-state index >= 15 is 0 Å². The monoisotopic (exact) mass is 450 g/mol. The number of rotatable bonds is 6. The summed E-state index contributed by atoms with van der Waals surface area (Å²) in [5, 5.41) is 3.99. The molecule has 8 nitrogen and oxygen atoms in total. The molecule has 0 fully saturated rings. The first-order valence-electron chi connectivity index (χ1n) is 8.81. The van der Waals surface area contributed by atoms with E-state index in [2.05, 4.69) is 5.16 Å². The van der Waals surface area contributed by atoms with E-state index in [0.717, 1.165) is 18.0 Å². The SMILES string of the molecule is Cc1cc(-n2c(C)cc(C(=O)COC(=O)c3cc(S(C)(=O)=O)ccc3Cl)c2C)no1. The number of hydrogen-bond acceptors (Lipinski definition) is 7. The van der Waals surface area contributed by atoms with Crippen molar-refractivity contribution in [1.82, 2.24) is 9.72 Å². The lowest BCUT2D eigenvalue weighted by Gasteiger charge is -2.08. The number of esters is 1. The summed E-state index contributed by atoms with van der Waals surface area (Å²) in [7, 11) is -3.53. The molecule has 3 aromatic rings. The number of ketones is 1. The molecule has 158 valence electrons. The zero-order chi connectivity index (χ0) is 22.2. The van der Waals surface area contributed by atoms with Crippen LogP contribution >= 0.6 is 11.6 Å². The van der Waals surface area contributed by atoms with Gasteiger partial charge in [0, 0.05) is 29.3 Å². The van der Waals surface area contributed by atoms with Gasteiger partial charge in [-0.2, -0.15) is 0 Å². The van der Waals surface area contributed by atoms with Gasteiger partial charge < -0.3 is 9.26 Å². The van der Waals surface area contributed by atoms with Gasteiger partial charge in [-0.3, -0.25) is 9.36 Å². The molecule has 0 aliphatic carbocycles. The summed E-state index contributed by atoms with van der Waals surface area (Å²) in [6.07, 6.45) is 1.01. The van der Waals surface area contributed by atoms with Gasteiger partial charge in [0.05, 0.1) is 15.5 Å². The maximum absolute atomic E-state index is 12.7. The maximum Gasteiger partial charge on any atom is 0.340 e. The molecule has 0 bridgehead atoms. The third-order valence-corrected chi connectivity index (χ3v) is 5.94. The molecular formula is C20H19ClN2O6S. The number of carbonyl (C=O) groups is 2. The Labute approximate surface area is 178 Å². The van der Waals surface area contributed by atoms with Gasteiger partial charge in [0.15, 0.2) is 22.3 Å². The molecule has 0 aliphatic rings. The third kappa shape index (κ3) is 4.31. The fraction of sp³-hybridized carbons (Fsp3) is 0.250. The Morgan fingerprint density at radius 1 is 1.13 bits per heavy atom. The van der Waals surface area contributed by atoms with Crippen LogP contribution in [-0.2, 0) is 14.6 Å². The van der Waals surface area contributed by atoms with Gasteiger partial charge in [-0.1, -0.05) is 16.8 Å². The molecule has 0 aliphatic heterocycles. The van der Waals surface area contributed by atoms with E-state index in [1.54, 1.807) is 30.5 Å². The van der Waals surface area contributed by atoms with Gasteiger partial charge >= 0.3 is 5.97 Å². The predicted molar refractivity (Wildman–Crippen MR) is 109 cm³/mol. The molecular weight excluding hydrogens is 432 g/mol. The number of carbonyl (C=O) groups excluding carboxylic acids is 2. The standard InChI is InChI=1S/C20H19ClN2O6S/c1-11-7-15(13(3)23(11)19-8-12(2)29-22-19)18(24)10-28-20(25)16-9-14(30(4,26)27)5-6-17(16)21/h5-9H,10H2,1-4H3. The van der Waals surface area contributed by atoms with E-state index in [-0.39, 0.29) is 15.5 Å². The smallest absolute Gasteiger partial charge is 0.340 e. The Bertz CT molecular complexity index is 1260. The Kier molecular flexibility index (Phi) is 5.87. The molecule has 0 radical (unpaired) electrons. The van der Waals surface area contributed by atoms with E-state index in [1.807, 2.05) is 6.92 Å². The lowest BCUT2D eigenvalue weighted by Crippen LogP contribution is -2.15. The van der Waals surface area contributed by atoms with Crippen LogP contribution in [0.15, 0.2) is 39.8 Å². The molecule has 10 heteroatoms. The predicted octanol–water partition coefficient (Wildman–Crippen LogP) is 3.49. The molecule has 2 heterocycles. The first-order chi connectivity index (χ1) is 14.0. The summed E-state index contributed by atoms with van der Waals surface area (Å²) in [5.74, 6) is -0.131. The van der Waals surface area contributed by atoms with Gasteiger partial charge in [0.1, 0.15) is 5.76 Å². The number of Topliss-reactive ketones (excluding diaryl/α,β-unsaturated/α-hetero) is 1. The van der Waals surface area contributed by atoms with Gasteiger partial charge in [-0.15, -0.1) is 0 Å². The van der Waals surface area contributed by atoms with Crippen molar-refractivity contribution >= 4 is 33.2 Å². The van der Waals surface area contributed by atoms with Crippen LogP contribution in [0.5, 0.6) is 0 Å². The molecule has 0 spiro atoms. The lowest BCUT2D eigenvalue weighted by atomic mass is 10.1. The quantitative estimate of drug-likeness (QED) is 0.417. The van der Waals surface area contributed by atoms with Crippen LogP contribution in [0.25, 0.3) is 5.82 Å².